The molecule has 10 rings (SSSR count). The Kier molecular flexibility index (Phi) is 5.13. The van der Waals surface area contributed by atoms with Gasteiger partial charge in [-0.1, -0.05) is 137 Å². The highest BCUT2D eigenvalue weighted by Gasteiger charge is 2.42. The molecule has 47 heavy (non-hydrogen) atoms. The molecule has 0 radical (unpaired) electrons. The summed E-state index contributed by atoms with van der Waals surface area (Å²) in [5, 5.41) is 4.92. The molecule has 6 aromatic carbocycles. The largest absolute Gasteiger partial charge is 0.293 e. The van der Waals surface area contributed by atoms with Gasteiger partial charge in [-0.15, -0.1) is 0 Å². The van der Waals surface area contributed by atoms with Gasteiger partial charge in [-0.05, 0) is 62.4 Å². The SMILES string of the molecule is CC1(C)c2ccccc2-c2c(-c3nc(-n4c5ccccc5c5cc6ccccc6cc54)c4c(n3)C(C)(C)c3ccccc3-4)cccc21. The van der Waals surface area contributed by atoms with Crippen molar-refractivity contribution in [3.05, 3.63) is 150 Å². The lowest BCUT2D eigenvalue weighted by molar-refractivity contribution is 0.635. The number of benzene rings is 6. The van der Waals surface area contributed by atoms with E-state index in [0.29, 0.717) is 0 Å². The Morgan fingerprint density at radius 3 is 1.85 bits per heavy atom. The van der Waals surface area contributed by atoms with Crippen LogP contribution < -0.4 is 0 Å². The number of rotatable bonds is 2. The van der Waals surface area contributed by atoms with Crippen LogP contribution in [-0.2, 0) is 10.8 Å². The molecule has 0 aliphatic heterocycles. The molecule has 2 aromatic heterocycles. The zero-order valence-electron chi connectivity index (χ0n) is 27.0. The highest BCUT2D eigenvalue weighted by molar-refractivity contribution is 6.14. The first-order valence-corrected chi connectivity index (χ1v) is 16.5. The molecule has 2 heterocycles. The van der Waals surface area contributed by atoms with Gasteiger partial charge in [-0.3, -0.25) is 4.57 Å². The summed E-state index contributed by atoms with van der Waals surface area (Å²) >= 11 is 0. The maximum atomic E-state index is 5.65. The third kappa shape index (κ3) is 3.41. The predicted octanol–water partition coefficient (Wildman–Crippen LogP) is 11.0. The summed E-state index contributed by atoms with van der Waals surface area (Å²) in [4.78, 5) is 11.2. The van der Waals surface area contributed by atoms with Crippen molar-refractivity contribution in [2.45, 2.75) is 38.5 Å². The lowest BCUT2D eigenvalue weighted by atomic mass is 9.82. The van der Waals surface area contributed by atoms with Crippen molar-refractivity contribution in [3.8, 4) is 39.5 Å². The average Bonchev–Trinajstić information content (AvgIpc) is 3.64. The van der Waals surface area contributed by atoms with Crippen molar-refractivity contribution in [2.24, 2.45) is 0 Å². The number of para-hydroxylation sites is 1. The van der Waals surface area contributed by atoms with Gasteiger partial charge in [0.1, 0.15) is 5.82 Å². The Bertz CT molecular complexity index is 2640. The molecule has 0 N–H and O–H groups in total. The van der Waals surface area contributed by atoms with Crippen LogP contribution in [0.3, 0.4) is 0 Å². The summed E-state index contributed by atoms with van der Waals surface area (Å²) < 4.78 is 2.40. The number of hydrogen-bond donors (Lipinski definition) is 0. The van der Waals surface area contributed by atoms with Crippen LogP contribution in [0, 0.1) is 0 Å². The Hall–Kier alpha value is -5.54. The lowest BCUT2D eigenvalue weighted by Crippen LogP contribution is -2.18. The molecule has 8 aromatic rings. The van der Waals surface area contributed by atoms with Crippen molar-refractivity contribution in [2.75, 3.05) is 0 Å². The van der Waals surface area contributed by atoms with Crippen LogP contribution in [0.4, 0.5) is 0 Å². The minimum absolute atomic E-state index is 0.106. The standard InChI is InChI=1S/C44H33N3/c1-43(2)33-20-10-7-17-29(33)38-31(19-13-22-35(38)43)41-45-40-39(30-18-8-11-21-34(30)44(40,3)4)42(46-41)47-36-23-12-9-16-28(36)32-24-26-14-5-6-15-27(26)25-37(32)47/h5-25H,1-4H3. The second-order valence-electron chi connectivity index (χ2n) is 14.2. The molecule has 3 heteroatoms. The fraction of sp³-hybridized carbons (Fsp3) is 0.136. The van der Waals surface area contributed by atoms with E-state index < -0.39 is 0 Å². The fourth-order valence-electron chi connectivity index (χ4n) is 8.63. The minimum atomic E-state index is -0.293. The second-order valence-corrected chi connectivity index (χ2v) is 14.2. The Balaban J connectivity index is 1.37. The first-order valence-electron chi connectivity index (χ1n) is 16.5. The van der Waals surface area contributed by atoms with E-state index in [0.717, 1.165) is 39.5 Å². The van der Waals surface area contributed by atoms with Crippen molar-refractivity contribution in [1.29, 1.82) is 0 Å². The maximum Gasteiger partial charge on any atom is 0.162 e. The van der Waals surface area contributed by atoms with Crippen molar-refractivity contribution >= 4 is 32.6 Å². The number of aromatic nitrogens is 3. The smallest absolute Gasteiger partial charge is 0.162 e. The molecular weight excluding hydrogens is 571 g/mol. The van der Waals surface area contributed by atoms with Gasteiger partial charge in [0.2, 0.25) is 0 Å². The number of fused-ring (bicyclic) bond motifs is 10. The highest BCUT2D eigenvalue weighted by atomic mass is 15.1. The molecule has 0 atom stereocenters. The molecule has 0 fully saturated rings. The predicted molar refractivity (Wildman–Crippen MR) is 194 cm³/mol. The van der Waals surface area contributed by atoms with Gasteiger partial charge in [-0.2, -0.15) is 0 Å². The van der Waals surface area contributed by atoms with Gasteiger partial charge >= 0.3 is 0 Å². The molecule has 2 aliphatic rings. The van der Waals surface area contributed by atoms with E-state index in [1.54, 1.807) is 0 Å². The Labute approximate surface area is 274 Å². The molecule has 2 aliphatic carbocycles. The first-order chi connectivity index (χ1) is 22.8. The molecular formula is C44H33N3. The van der Waals surface area contributed by atoms with Gasteiger partial charge in [0.25, 0.3) is 0 Å². The zero-order valence-corrected chi connectivity index (χ0v) is 27.0. The van der Waals surface area contributed by atoms with Gasteiger partial charge in [-0.25, -0.2) is 9.97 Å². The van der Waals surface area contributed by atoms with Crippen LogP contribution in [0.25, 0.3) is 72.0 Å². The van der Waals surface area contributed by atoms with E-state index in [4.69, 9.17) is 9.97 Å². The van der Waals surface area contributed by atoms with E-state index in [1.165, 1.54) is 54.9 Å². The van der Waals surface area contributed by atoms with Gasteiger partial charge in [0.05, 0.1) is 16.7 Å². The topological polar surface area (TPSA) is 30.7 Å². The van der Waals surface area contributed by atoms with Gasteiger partial charge in [0, 0.05) is 32.7 Å². The molecule has 3 nitrogen and oxygen atoms in total. The summed E-state index contributed by atoms with van der Waals surface area (Å²) in [6, 6.07) is 46.4. The maximum absolute atomic E-state index is 5.65. The quantitative estimate of drug-likeness (QED) is 0.197. The summed E-state index contributed by atoms with van der Waals surface area (Å²) in [6.45, 7) is 9.29. The van der Waals surface area contributed by atoms with Crippen LogP contribution in [-0.4, -0.2) is 14.5 Å². The Morgan fingerprint density at radius 2 is 1.06 bits per heavy atom. The van der Waals surface area contributed by atoms with E-state index in [1.807, 2.05) is 0 Å². The zero-order chi connectivity index (χ0) is 31.7. The Morgan fingerprint density at radius 1 is 0.468 bits per heavy atom. The van der Waals surface area contributed by atoms with Crippen LogP contribution in [0.15, 0.2) is 127 Å². The van der Waals surface area contributed by atoms with E-state index >= 15 is 0 Å². The van der Waals surface area contributed by atoms with Crippen molar-refractivity contribution in [3.63, 3.8) is 0 Å². The summed E-state index contributed by atoms with van der Waals surface area (Å²) in [6.07, 6.45) is 0. The monoisotopic (exact) mass is 603 g/mol. The van der Waals surface area contributed by atoms with E-state index in [2.05, 4.69) is 160 Å². The van der Waals surface area contributed by atoms with Crippen LogP contribution >= 0.6 is 0 Å². The van der Waals surface area contributed by atoms with E-state index in [-0.39, 0.29) is 10.8 Å². The molecule has 0 saturated heterocycles. The summed E-state index contributed by atoms with van der Waals surface area (Å²) in [7, 11) is 0. The summed E-state index contributed by atoms with van der Waals surface area (Å²) in [5.41, 5.74) is 12.9. The van der Waals surface area contributed by atoms with E-state index in [9.17, 15) is 0 Å². The first kappa shape index (κ1) is 26.7. The highest BCUT2D eigenvalue weighted by Crippen LogP contribution is 2.54. The normalized spacial score (nSPS) is 15.1. The van der Waals surface area contributed by atoms with Crippen molar-refractivity contribution in [1.82, 2.24) is 14.5 Å². The number of nitrogens with zero attached hydrogens (tertiary/aromatic N) is 3. The minimum Gasteiger partial charge on any atom is -0.293 e. The average molecular weight is 604 g/mol. The van der Waals surface area contributed by atoms with Crippen LogP contribution in [0.1, 0.15) is 50.1 Å². The molecule has 0 spiro atoms. The third-order valence-electron chi connectivity index (χ3n) is 11.0. The third-order valence-corrected chi connectivity index (χ3v) is 11.0. The van der Waals surface area contributed by atoms with Gasteiger partial charge < -0.3 is 0 Å². The van der Waals surface area contributed by atoms with Crippen LogP contribution in [0.2, 0.25) is 0 Å². The summed E-state index contributed by atoms with van der Waals surface area (Å²) in [5.74, 6) is 1.71. The van der Waals surface area contributed by atoms with Crippen molar-refractivity contribution < 1.29 is 0 Å². The molecule has 224 valence electrons. The van der Waals surface area contributed by atoms with Gasteiger partial charge in [0.15, 0.2) is 5.82 Å². The lowest BCUT2D eigenvalue weighted by Gasteiger charge is -2.23. The number of hydrogen-bond acceptors (Lipinski definition) is 2. The molecule has 0 amide bonds. The molecule has 0 bridgehead atoms. The second kappa shape index (κ2) is 9.04. The molecule has 0 saturated carbocycles. The fourth-order valence-corrected chi connectivity index (χ4v) is 8.63. The molecule has 0 unspecified atom stereocenters. The van der Waals surface area contributed by atoms with Crippen LogP contribution in [0.5, 0.6) is 0 Å².